The lowest BCUT2D eigenvalue weighted by Gasteiger charge is -2.47. The maximum atomic E-state index is 5.47. The molecular weight excluding hydrogens is 426 g/mol. The monoisotopic (exact) mass is 455 g/mol. The molecule has 2 atom stereocenters. The van der Waals surface area contributed by atoms with Crippen LogP contribution in [0.3, 0.4) is 0 Å². The highest BCUT2D eigenvalue weighted by atomic mass is 32.2. The van der Waals surface area contributed by atoms with Crippen LogP contribution in [0.15, 0.2) is 51.2 Å². The molecule has 8 heteroatoms. The third kappa shape index (κ3) is 4.30. The molecule has 0 bridgehead atoms. The molecule has 5 rings (SSSR count). The summed E-state index contributed by atoms with van der Waals surface area (Å²) in [5.74, 6) is 2.49. The average molecular weight is 456 g/mol. The van der Waals surface area contributed by atoms with Crippen molar-refractivity contribution < 1.29 is 4.42 Å². The van der Waals surface area contributed by atoms with Gasteiger partial charge in [-0.3, -0.25) is 0 Å². The van der Waals surface area contributed by atoms with E-state index in [-0.39, 0.29) is 0 Å². The molecule has 3 aromatic rings. The summed E-state index contributed by atoms with van der Waals surface area (Å²) in [5.41, 5.74) is 1.39. The van der Waals surface area contributed by atoms with Crippen LogP contribution >= 0.6 is 23.5 Å². The van der Waals surface area contributed by atoms with Gasteiger partial charge in [-0.15, -0.1) is 22.0 Å². The number of hydrogen-bond acceptors (Lipinski definition) is 7. The molecule has 1 aromatic carbocycles. The van der Waals surface area contributed by atoms with Crippen LogP contribution in [0.4, 0.5) is 0 Å². The summed E-state index contributed by atoms with van der Waals surface area (Å²) < 4.78 is 7.47. The molecule has 164 valence electrons. The minimum absolute atomic E-state index is 0.543. The molecule has 6 nitrogen and oxygen atoms in total. The van der Waals surface area contributed by atoms with Crippen LogP contribution in [0, 0.1) is 12.3 Å². The summed E-state index contributed by atoms with van der Waals surface area (Å²) in [6, 6.07) is 10.9. The van der Waals surface area contributed by atoms with Crippen molar-refractivity contribution >= 4 is 23.5 Å². The van der Waals surface area contributed by atoms with Crippen molar-refractivity contribution in [2.45, 2.75) is 47.9 Å². The van der Waals surface area contributed by atoms with E-state index in [1.165, 1.54) is 56.6 Å². The number of aromatic nitrogens is 4. The highest BCUT2D eigenvalue weighted by Crippen LogP contribution is 2.55. The summed E-state index contributed by atoms with van der Waals surface area (Å²) in [6.07, 6.45) is 6.74. The van der Waals surface area contributed by atoms with E-state index in [1.807, 2.05) is 18.5 Å². The number of aryl methyl sites for hydroxylation is 1. The molecule has 1 aliphatic carbocycles. The Bertz CT molecular complexity index is 1020. The van der Waals surface area contributed by atoms with Crippen molar-refractivity contribution in [2.24, 2.45) is 12.5 Å². The maximum absolute atomic E-state index is 5.47. The predicted octanol–water partition coefficient (Wildman–Crippen LogP) is 4.91. The Morgan fingerprint density at radius 3 is 2.81 bits per heavy atom. The number of benzene rings is 1. The van der Waals surface area contributed by atoms with Crippen LogP contribution in [-0.4, -0.2) is 55.3 Å². The molecule has 31 heavy (non-hydrogen) atoms. The summed E-state index contributed by atoms with van der Waals surface area (Å²) in [5, 5.41) is 10.4. The van der Waals surface area contributed by atoms with E-state index in [0.29, 0.717) is 11.2 Å². The van der Waals surface area contributed by atoms with E-state index < -0.39 is 0 Å². The Balaban J connectivity index is 1.09. The Morgan fingerprint density at radius 1 is 1.19 bits per heavy atom. The van der Waals surface area contributed by atoms with Gasteiger partial charge in [-0.2, -0.15) is 0 Å². The summed E-state index contributed by atoms with van der Waals surface area (Å²) in [4.78, 5) is 8.25. The number of nitrogens with zero attached hydrogens (tertiary/aromatic N) is 5. The lowest BCUT2D eigenvalue weighted by atomic mass is 9.68. The molecule has 0 amide bonds. The molecule has 0 radical (unpaired) electrons. The zero-order chi connectivity index (χ0) is 21.3. The Labute approximate surface area is 192 Å². The molecule has 3 heterocycles. The van der Waals surface area contributed by atoms with Crippen molar-refractivity contribution in [3.8, 4) is 11.6 Å². The van der Waals surface area contributed by atoms with Gasteiger partial charge in [0.15, 0.2) is 17.3 Å². The van der Waals surface area contributed by atoms with Gasteiger partial charge in [0.2, 0.25) is 5.82 Å². The van der Waals surface area contributed by atoms with Gasteiger partial charge in [0.25, 0.3) is 0 Å². The first-order valence-electron chi connectivity index (χ1n) is 11.0. The Morgan fingerprint density at radius 2 is 2.06 bits per heavy atom. The molecule has 1 saturated carbocycles. The van der Waals surface area contributed by atoms with E-state index in [4.69, 9.17) is 4.42 Å². The van der Waals surface area contributed by atoms with Crippen LogP contribution in [0.25, 0.3) is 11.6 Å². The molecule has 2 aromatic heterocycles. The van der Waals surface area contributed by atoms with Crippen molar-refractivity contribution in [3.05, 3.63) is 42.4 Å². The van der Waals surface area contributed by atoms with E-state index in [0.717, 1.165) is 27.7 Å². The lowest BCUT2D eigenvalue weighted by molar-refractivity contribution is 0.151. The van der Waals surface area contributed by atoms with Crippen molar-refractivity contribution in [2.75, 3.05) is 25.4 Å². The number of oxazole rings is 1. The van der Waals surface area contributed by atoms with Gasteiger partial charge in [0.05, 0.1) is 5.69 Å². The van der Waals surface area contributed by atoms with Crippen LogP contribution in [-0.2, 0) is 7.05 Å². The highest BCUT2D eigenvalue weighted by Gasteiger charge is 2.50. The largest absolute Gasteiger partial charge is 0.440 e. The molecule has 2 aliphatic rings. The first-order chi connectivity index (χ1) is 15.1. The third-order valence-corrected chi connectivity index (χ3v) is 9.38. The summed E-state index contributed by atoms with van der Waals surface area (Å²) in [6.45, 7) is 5.61. The van der Waals surface area contributed by atoms with Gasteiger partial charge in [0, 0.05) is 29.5 Å². The lowest BCUT2D eigenvalue weighted by Crippen LogP contribution is -2.45. The molecule has 1 aliphatic heterocycles. The summed E-state index contributed by atoms with van der Waals surface area (Å²) in [7, 11) is 1.99. The van der Waals surface area contributed by atoms with Crippen molar-refractivity contribution in [3.63, 3.8) is 0 Å². The van der Waals surface area contributed by atoms with Gasteiger partial charge in [-0.05, 0) is 63.2 Å². The molecule has 1 spiro atoms. The average Bonchev–Trinajstić information content (AvgIpc) is 3.49. The minimum atomic E-state index is 0.543. The van der Waals surface area contributed by atoms with Crippen molar-refractivity contribution in [1.29, 1.82) is 0 Å². The van der Waals surface area contributed by atoms with Gasteiger partial charge in [-0.25, -0.2) is 4.98 Å². The molecule has 1 saturated heterocycles. The standard InChI is InChI=1S/C23H29N5OS2/c1-17-20(29-16-24-17)21-25-26-22(27(21)2)30-14-6-12-28-13-11-23(15-28)10-9-19(23)31-18-7-4-3-5-8-18/h3-5,7-8,16,19H,6,9-15H2,1-2H3. The van der Waals surface area contributed by atoms with E-state index in [1.54, 1.807) is 11.8 Å². The van der Waals surface area contributed by atoms with E-state index >= 15 is 0 Å². The first-order valence-corrected chi connectivity index (χ1v) is 12.9. The quantitative estimate of drug-likeness (QED) is 0.353. The topological polar surface area (TPSA) is 60.0 Å². The Hall–Kier alpha value is -1.77. The first kappa shape index (κ1) is 21.1. The van der Waals surface area contributed by atoms with Crippen LogP contribution in [0.2, 0.25) is 0 Å². The van der Waals surface area contributed by atoms with Gasteiger partial charge in [-0.1, -0.05) is 30.0 Å². The summed E-state index contributed by atoms with van der Waals surface area (Å²) >= 11 is 3.87. The van der Waals surface area contributed by atoms with E-state index in [9.17, 15) is 0 Å². The fourth-order valence-electron chi connectivity index (χ4n) is 4.77. The second kappa shape index (κ2) is 9.00. The smallest absolute Gasteiger partial charge is 0.202 e. The van der Waals surface area contributed by atoms with Gasteiger partial charge < -0.3 is 13.9 Å². The molecule has 0 N–H and O–H groups in total. The maximum Gasteiger partial charge on any atom is 0.202 e. The van der Waals surface area contributed by atoms with Crippen LogP contribution in [0.5, 0.6) is 0 Å². The fraction of sp³-hybridized carbons (Fsp3) is 0.522. The number of hydrogen-bond donors (Lipinski definition) is 0. The predicted molar refractivity (Wildman–Crippen MR) is 125 cm³/mol. The Kier molecular flexibility index (Phi) is 6.12. The van der Waals surface area contributed by atoms with E-state index in [2.05, 4.69) is 62.2 Å². The zero-order valence-corrected chi connectivity index (χ0v) is 19.8. The second-order valence-corrected chi connectivity index (χ2v) is 11.0. The minimum Gasteiger partial charge on any atom is -0.440 e. The van der Waals surface area contributed by atoms with Gasteiger partial charge in [0.1, 0.15) is 0 Å². The second-order valence-electron chi connectivity index (χ2n) is 8.68. The van der Waals surface area contributed by atoms with Crippen LogP contribution in [0.1, 0.15) is 31.4 Å². The fourth-order valence-corrected chi connectivity index (χ4v) is 7.04. The molecule has 2 unspecified atom stereocenters. The molecule has 2 fully saturated rings. The van der Waals surface area contributed by atoms with Gasteiger partial charge >= 0.3 is 0 Å². The SMILES string of the molecule is Cc1ncoc1-c1nnc(SCCCN2CCC3(CCC3Sc3ccccc3)C2)n1C. The highest BCUT2D eigenvalue weighted by molar-refractivity contribution is 8.00. The van der Waals surface area contributed by atoms with Crippen LogP contribution < -0.4 is 0 Å². The number of rotatable bonds is 8. The third-order valence-electron chi connectivity index (χ3n) is 6.71. The van der Waals surface area contributed by atoms with Crippen molar-refractivity contribution in [1.82, 2.24) is 24.6 Å². The normalized spacial score (nSPS) is 23.5. The molecular formula is C23H29N5OS2. The number of thioether (sulfide) groups is 2. The number of likely N-dealkylation sites (tertiary alicyclic amines) is 1. The zero-order valence-electron chi connectivity index (χ0n) is 18.2.